The van der Waals surface area contributed by atoms with E-state index in [4.69, 9.17) is 21.1 Å². The zero-order valence-electron chi connectivity index (χ0n) is 19.9. The van der Waals surface area contributed by atoms with Gasteiger partial charge in [-0.25, -0.2) is 9.79 Å². The van der Waals surface area contributed by atoms with Gasteiger partial charge in [0.1, 0.15) is 12.6 Å². The van der Waals surface area contributed by atoms with Gasteiger partial charge in [-0.15, -0.1) is 0 Å². The van der Waals surface area contributed by atoms with Crippen LogP contribution in [0.3, 0.4) is 0 Å². The third-order valence-electron chi connectivity index (χ3n) is 5.67. The number of hydrogen-bond donors (Lipinski definition) is 0. The van der Waals surface area contributed by atoms with Crippen LogP contribution in [-0.4, -0.2) is 45.0 Å². The van der Waals surface area contributed by atoms with Crippen molar-refractivity contribution in [3.8, 4) is 0 Å². The molecule has 182 valence electrons. The fraction of sp³-hybridized carbons (Fsp3) is 0.269. The Balaban J connectivity index is 1.86. The van der Waals surface area contributed by atoms with Crippen molar-refractivity contribution in [3.05, 3.63) is 95.6 Å². The molecule has 1 aromatic heterocycles. The molecular weight excluding hydrogens is 486 g/mol. The average Bonchev–Trinajstić information content (AvgIpc) is 3.13. The minimum absolute atomic E-state index is 0.0920. The molecule has 3 aromatic rings. The molecule has 0 radical (unpaired) electrons. The number of benzene rings is 2. The SMILES string of the molecule is COCCOC(=O)C1=C(C)N=c2s/c(=C\c3ccc(N(C)C)cc3)c(=O)n2[C@@H]1c1ccccc1Cl. The van der Waals surface area contributed by atoms with E-state index >= 15 is 0 Å². The number of thiazole rings is 1. The molecule has 4 rings (SSSR count). The lowest BCUT2D eigenvalue weighted by Crippen LogP contribution is -2.40. The molecule has 1 atom stereocenters. The Labute approximate surface area is 212 Å². The van der Waals surface area contributed by atoms with Crippen LogP contribution in [0.1, 0.15) is 24.1 Å². The topological polar surface area (TPSA) is 73.1 Å². The van der Waals surface area contributed by atoms with Gasteiger partial charge >= 0.3 is 5.97 Å². The van der Waals surface area contributed by atoms with Crippen molar-refractivity contribution in [1.82, 2.24) is 4.57 Å². The fourth-order valence-corrected chi connectivity index (χ4v) is 5.17. The summed E-state index contributed by atoms with van der Waals surface area (Å²) < 4.78 is 12.5. The highest BCUT2D eigenvalue weighted by Gasteiger charge is 2.34. The summed E-state index contributed by atoms with van der Waals surface area (Å²) in [5, 5.41) is 0.447. The maximum Gasteiger partial charge on any atom is 0.338 e. The summed E-state index contributed by atoms with van der Waals surface area (Å²) in [6.45, 7) is 2.10. The Bertz CT molecular complexity index is 1450. The third-order valence-corrected chi connectivity index (χ3v) is 7.00. The van der Waals surface area contributed by atoms with Crippen molar-refractivity contribution in [3.63, 3.8) is 0 Å². The smallest absolute Gasteiger partial charge is 0.338 e. The third kappa shape index (κ3) is 5.10. The van der Waals surface area contributed by atoms with Crippen LogP contribution < -0.4 is 19.8 Å². The van der Waals surface area contributed by atoms with Crippen molar-refractivity contribution in [2.24, 2.45) is 4.99 Å². The predicted octanol–water partition coefficient (Wildman–Crippen LogP) is 3.14. The van der Waals surface area contributed by atoms with Crippen LogP contribution in [0.15, 0.2) is 69.6 Å². The summed E-state index contributed by atoms with van der Waals surface area (Å²) in [4.78, 5) is 33.9. The van der Waals surface area contributed by atoms with Gasteiger partial charge in [0, 0.05) is 31.9 Å². The van der Waals surface area contributed by atoms with E-state index in [2.05, 4.69) is 4.99 Å². The Morgan fingerprint density at radius 3 is 2.54 bits per heavy atom. The Morgan fingerprint density at radius 1 is 1.17 bits per heavy atom. The van der Waals surface area contributed by atoms with Gasteiger partial charge in [-0.05, 0) is 42.3 Å². The summed E-state index contributed by atoms with van der Waals surface area (Å²) in [6.07, 6.45) is 1.84. The number of carbonyl (C=O) groups is 1. The molecular formula is C26H26ClN3O4S. The number of aromatic nitrogens is 1. The van der Waals surface area contributed by atoms with Crippen LogP contribution in [0.4, 0.5) is 5.69 Å². The van der Waals surface area contributed by atoms with E-state index < -0.39 is 12.0 Å². The fourth-order valence-electron chi connectivity index (χ4n) is 3.89. The summed E-state index contributed by atoms with van der Waals surface area (Å²) >= 11 is 7.83. The molecule has 2 heterocycles. The zero-order chi connectivity index (χ0) is 25.1. The van der Waals surface area contributed by atoms with Crippen molar-refractivity contribution >= 4 is 40.7 Å². The molecule has 0 saturated carbocycles. The average molecular weight is 512 g/mol. The van der Waals surface area contributed by atoms with Gasteiger partial charge in [-0.2, -0.15) is 0 Å². The van der Waals surface area contributed by atoms with Crippen molar-refractivity contribution < 1.29 is 14.3 Å². The summed E-state index contributed by atoms with van der Waals surface area (Å²) in [6, 6.07) is 14.3. The second-order valence-corrected chi connectivity index (χ2v) is 9.63. The highest BCUT2D eigenvalue weighted by Crippen LogP contribution is 2.34. The minimum atomic E-state index is -0.756. The monoisotopic (exact) mass is 511 g/mol. The molecule has 35 heavy (non-hydrogen) atoms. The number of methoxy groups -OCH3 is 1. The van der Waals surface area contributed by atoms with E-state index in [1.54, 1.807) is 19.1 Å². The number of ether oxygens (including phenoxy) is 2. The first-order valence-corrected chi connectivity index (χ1v) is 12.2. The molecule has 2 aromatic carbocycles. The number of anilines is 1. The lowest BCUT2D eigenvalue weighted by molar-refractivity contribution is -0.140. The molecule has 0 fully saturated rings. The number of nitrogens with zero attached hydrogens (tertiary/aromatic N) is 3. The summed E-state index contributed by atoms with van der Waals surface area (Å²) in [5.74, 6) is -0.554. The van der Waals surface area contributed by atoms with E-state index in [1.165, 1.54) is 23.0 Å². The molecule has 0 unspecified atom stereocenters. The maximum atomic E-state index is 13.7. The van der Waals surface area contributed by atoms with E-state index in [1.807, 2.05) is 61.5 Å². The number of rotatable bonds is 7. The molecule has 9 heteroatoms. The number of halogens is 1. The van der Waals surface area contributed by atoms with Crippen LogP contribution in [0.5, 0.6) is 0 Å². The van der Waals surface area contributed by atoms with E-state index in [0.717, 1.165) is 11.3 Å². The van der Waals surface area contributed by atoms with Gasteiger partial charge < -0.3 is 14.4 Å². The number of carbonyl (C=O) groups excluding carboxylic acids is 1. The molecule has 0 aliphatic carbocycles. The van der Waals surface area contributed by atoms with Crippen LogP contribution in [0.25, 0.3) is 6.08 Å². The lowest BCUT2D eigenvalue weighted by atomic mass is 9.96. The van der Waals surface area contributed by atoms with Crippen LogP contribution in [-0.2, 0) is 14.3 Å². The molecule has 0 spiro atoms. The quantitative estimate of drug-likeness (QED) is 0.360. The van der Waals surface area contributed by atoms with E-state index in [-0.39, 0.29) is 24.3 Å². The van der Waals surface area contributed by atoms with Crippen molar-refractivity contribution in [2.45, 2.75) is 13.0 Å². The molecule has 1 aliphatic heterocycles. The molecule has 0 N–H and O–H groups in total. The van der Waals surface area contributed by atoms with Crippen LogP contribution in [0, 0.1) is 0 Å². The standard InChI is InChI=1S/C26H26ClN3O4S/c1-16-22(25(32)34-14-13-33-4)23(19-7-5-6-8-20(19)27)30-24(31)21(35-26(30)28-16)15-17-9-11-18(12-10-17)29(2)3/h5-12,15,23H,13-14H2,1-4H3/b21-15-/t23-/m1/s1. The van der Waals surface area contributed by atoms with Gasteiger partial charge in [-0.3, -0.25) is 9.36 Å². The minimum Gasteiger partial charge on any atom is -0.460 e. The second-order valence-electron chi connectivity index (χ2n) is 8.22. The highest BCUT2D eigenvalue weighted by molar-refractivity contribution is 7.07. The normalized spacial score (nSPS) is 15.6. The molecule has 0 saturated heterocycles. The number of fused-ring (bicyclic) bond motifs is 1. The second kappa shape index (κ2) is 10.6. The van der Waals surface area contributed by atoms with E-state index in [0.29, 0.717) is 25.6 Å². The molecule has 0 amide bonds. The number of hydrogen-bond acceptors (Lipinski definition) is 7. The largest absolute Gasteiger partial charge is 0.460 e. The summed E-state index contributed by atoms with van der Waals surface area (Å²) in [5.41, 5.74) is 3.11. The van der Waals surface area contributed by atoms with Gasteiger partial charge in [0.15, 0.2) is 4.80 Å². The molecule has 0 bridgehead atoms. The number of esters is 1. The molecule has 7 nitrogen and oxygen atoms in total. The highest BCUT2D eigenvalue weighted by atomic mass is 35.5. The van der Waals surface area contributed by atoms with Crippen molar-refractivity contribution in [2.75, 3.05) is 39.3 Å². The molecule has 1 aliphatic rings. The Kier molecular flexibility index (Phi) is 7.54. The number of allylic oxidation sites excluding steroid dienone is 1. The zero-order valence-corrected chi connectivity index (χ0v) is 21.5. The first-order valence-electron chi connectivity index (χ1n) is 11.0. The van der Waals surface area contributed by atoms with Crippen LogP contribution >= 0.6 is 22.9 Å². The predicted molar refractivity (Wildman–Crippen MR) is 139 cm³/mol. The Hall–Kier alpha value is -3.20. The maximum absolute atomic E-state index is 13.7. The summed E-state index contributed by atoms with van der Waals surface area (Å²) in [7, 11) is 5.48. The van der Waals surface area contributed by atoms with Crippen molar-refractivity contribution in [1.29, 1.82) is 0 Å². The Morgan fingerprint density at radius 2 is 1.89 bits per heavy atom. The van der Waals surface area contributed by atoms with Crippen LogP contribution in [0.2, 0.25) is 5.02 Å². The lowest BCUT2D eigenvalue weighted by Gasteiger charge is -2.25. The van der Waals surface area contributed by atoms with Gasteiger partial charge in [0.25, 0.3) is 5.56 Å². The van der Waals surface area contributed by atoms with Gasteiger partial charge in [-0.1, -0.05) is 53.3 Å². The first kappa shape index (κ1) is 24.9. The van der Waals surface area contributed by atoms with Gasteiger partial charge in [0.2, 0.25) is 0 Å². The van der Waals surface area contributed by atoms with E-state index in [9.17, 15) is 9.59 Å². The first-order chi connectivity index (χ1) is 16.8. The van der Waals surface area contributed by atoms with Gasteiger partial charge in [0.05, 0.1) is 22.4 Å².